The van der Waals surface area contributed by atoms with Gasteiger partial charge in [0.1, 0.15) is 17.4 Å². The summed E-state index contributed by atoms with van der Waals surface area (Å²) in [7, 11) is 0. The number of amides is 1. The van der Waals surface area contributed by atoms with E-state index in [1.54, 1.807) is 6.08 Å². The topological polar surface area (TPSA) is 62.1 Å². The van der Waals surface area contributed by atoms with Crippen molar-refractivity contribution in [3.05, 3.63) is 35.4 Å². The summed E-state index contributed by atoms with van der Waals surface area (Å²) in [6.07, 6.45) is 6.04. The first-order valence-corrected chi connectivity index (χ1v) is 7.78. The van der Waals surface area contributed by atoms with Crippen molar-refractivity contribution >= 4 is 12.0 Å². The zero-order valence-corrected chi connectivity index (χ0v) is 13.1. The molecule has 0 saturated heterocycles. The van der Waals surface area contributed by atoms with Gasteiger partial charge in [-0.2, -0.15) is 5.26 Å². The fraction of sp³-hybridized carbons (Fsp3) is 0.444. The lowest BCUT2D eigenvalue weighted by atomic mass is 10.1. The smallest absolute Gasteiger partial charge is 0.262 e. The minimum absolute atomic E-state index is 0.119. The van der Waals surface area contributed by atoms with Crippen LogP contribution in [0.5, 0.6) is 5.75 Å². The number of rotatable bonds is 5. The number of hydrogen-bond donors (Lipinski definition) is 1. The van der Waals surface area contributed by atoms with Crippen molar-refractivity contribution in [3.63, 3.8) is 0 Å². The van der Waals surface area contributed by atoms with Gasteiger partial charge < -0.3 is 10.1 Å². The first kappa shape index (κ1) is 16.1. The van der Waals surface area contributed by atoms with Crippen LogP contribution in [0, 0.1) is 11.3 Å². The fourth-order valence-electron chi connectivity index (χ4n) is 2.56. The van der Waals surface area contributed by atoms with Gasteiger partial charge in [-0.15, -0.1) is 0 Å². The second-order valence-electron chi connectivity index (χ2n) is 5.86. The minimum Gasteiger partial charge on any atom is -0.491 e. The number of nitrogens with one attached hydrogen (secondary N) is 1. The van der Waals surface area contributed by atoms with E-state index in [-0.39, 0.29) is 23.6 Å². The summed E-state index contributed by atoms with van der Waals surface area (Å²) < 4.78 is 5.57. The van der Waals surface area contributed by atoms with Gasteiger partial charge in [0.2, 0.25) is 0 Å². The maximum absolute atomic E-state index is 12.1. The van der Waals surface area contributed by atoms with Crippen LogP contribution in [-0.2, 0) is 4.79 Å². The third kappa shape index (κ3) is 4.63. The highest BCUT2D eigenvalue weighted by Crippen LogP contribution is 2.19. The van der Waals surface area contributed by atoms with Crippen molar-refractivity contribution < 1.29 is 9.53 Å². The molecule has 0 unspecified atom stereocenters. The number of nitrogens with zero attached hydrogens (tertiary/aromatic N) is 1. The number of ether oxygens (including phenoxy) is 1. The van der Waals surface area contributed by atoms with Crippen molar-refractivity contribution in [3.8, 4) is 11.8 Å². The number of carbonyl (C=O) groups excluding carboxylic acids is 1. The Morgan fingerprint density at radius 2 is 1.95 bits per heavy atom. The Bertz CT molecular complexity index is 576. The van der Waals surface area contributed by atoms with Gasteiger partial charge in [-0.3, -0.25) is 4.79 Å². The maximum atomic E-state index is 12.1. The molecular weight excluding hydrogens is 276 g/mol. The molecule has 1 aliphatic rings. The lowest BCUT2D eigenvalue weighted by molar-refractivity contribution is -0.117. The highest BCUT2D eigenvalue weighted by atomic mass is 16.5. The summed E-state index contributed by atoms with van der Waals surface area (Å²) in [6.45, 7) is 3.93. The van der Waals surface area contributed by atoms with Crippen LogP contribution in [0.3, 0.4) is 0 Å². The number of hydrogen-bond acceptors (Lipinski definition) is 3. The average Bonchev–Trinajstić information content (AvgIpc) is 2.98. The van der Waals surface area contributed by atoms with Crippen molar-refractivity contribution in [1.29, 1.82) is 5.26 Å². The first-order chi connectivity index (χ1) is 10.6. The van der Waals surface area contributed by atoms with E-state index >= 15 is 0 Å². The summed E-state index contributed by atoms with van der Waals surface area (Å²) in [5.74, 6) is 0.498. The van der Waals surface area contributed by atoms with E-state index in [4.69, 9.17) is 4.74 Å². The van der Waals surface area contributed by atoms with Gasteiger partial charge in [0.15, 0.2) is 0 Å². The molecule has 0 aliphatic heterocycles. The van der Waals surface area contributed by atoms with Gasteiger partial charge in [0.05, 0.1) is 6.10 Å². The van der Waals surface area contributed by atoms with Crippen LogP contribution in [0.2, 0.25) is 0 Å². The molecule has 1 saturated carbocycles. The Kier molecular flexibility index (Phi) is 5.60. The molecule has 22 heavy (non-hydrogen) atoms. The zero-order valence-electron chi connectivity index (χ0n) is 13.1. The lowest BCUT2D eigenvalue weighted by Gasteiger charge is -2.11. The van der Waals surface area contributed by atoms with E-state index in [1.165, 1.54) is 0 Å². The van der Waals surface area contributed by atoms with E-state index in [9.17, 15) is 10.1 Å². The molecule has 4 heteroatoms. The normalized spacial score (nSPS) is 15.6. The Balaban J connectivity index is 2.04. The maximum Gasteiger partial charge on any atom is 0.262 e. The quantitative estimate of drug-likeness (QED) is 0.669. The molecule has 1 aromatic carbocycles. The molecule has 1 amide bonds. The fourth-order valence-corrected chi connectivity index (χ4v) is 2.56. The molecule has 4 nitrogen and oxygen atoms in total. The van der Waals surface area contributed by atoms with Gasteiger partial charge in [0.25, 0.3) is 5.91 Å². The summed E-state index contributed by atoms with van der Waals surface area (Å²) in [5, 5.41) is 12.1. The zero-order chi connectivity index (χ0) is 15.9. The molecule has 0 radical (unpaired) electrons. The Labute approximate surface area is 131 Å². The van der Waals surface area contributed by atoms with Gasteiger partial charge >= 0.3 is 0 Å². The third-order valence-corrected chi connectivity index (χ3v) is 3.62. The Morgan fingerprint density at radius 3 is 2.50 bits per heavy atom. The predicted octanol–water partition coefficient (Wildman–Crippen LogP) is 3.44. The second kappa shape index (κ2) is 7.65. The van der Waals surface area contributed by atoms with Gasteiger partial charge in [-0.1, -0.05) is 25.0 Å². The SMILES string of the molecule is CC(C)Oc1ccc(/C=C(/C#N)C(=O)NC2CCCC2)cc1. The molecule has 0 bridgehead atoms. The van der Waals surface area contributed by atoms with Crippen LogP contribution in [0.4, 0.5) is 0 Å². The van der Waals surface area contributed by atoms with Crippen LogP contribution in [0.25, 0.3) is 6.08 Å². The number of nitriles is 1. The van der Waals surface area contributed by atoms with E-state index < -0.39 is 0 Å². The molecule has 0 heterocycles. The van der Waals surface area contributed by atoms with E-state index in [1.807, 2.05) is 44.2 Å². The van der Waals surface area contributed by atoms with Gasteiger partial charge in [-0.25, -0.2) is 0 Å². The van der Waals surface area contributed by atoms with Crippen LogP contribution in [-0.4, -0.2) is 18.1 Å². The lowest BCUT2D eigenvalue weighted by Crippen LogP contribution is -2.33. The standard InChI is InChI=1S/C18H22N2O2/c1-13(2)22-17-9-7-14(8-10-17)11-15(12-19)18(21)20-16-5-3-4-6-16/h7-11,13,16H,3-6H2,1-2H3,(H,20,21)/b15-11-. The van der Waals surface area contributed by atoms with Crippen LogP contribution >= 0.6 is 0 Å². The molecule has 0 aromatic heterocycles. The summed E-state index contributed by atoms with van der Waals surface area (Å²) in [5.41, 5.74) is 0.957. The molecule has 1 N–H and O–H groups in total. The number of benzene rings is 1. The van der Waals surface area contributed by atoms with Crippen molar-refractivity contribution in [2.45, 2.75) is 51.7 Å². The van der Waals surface area contributed by atoms with Crippen LogP contribution < -0.4 is 10.1 Å². The minimum atomic E-state index is -0.281. The van der Waals surface area contributed by atoms with Crippen LogP contribution in [0.15, 0.2) is 29.8 Å². The first-order valence-electron chi connectivity index (χ1n) is 7.78. The van der Waals surface area contributed by atoms with E-state index in [0.717, 1.165) is 37.0 Å². The molecule has 0 atom stereocenters. The van der Waals surface area contributed by atoms with Crippen LogP contribution in [0.1, 0.15) is 45.1 Å². The summed E-state index contributed by atoms with van der Waals surface area (Å²) >= 11 is 0. The van der Waals surface area contributed by atoms with Crippen molar-refractivity contribution in [2.75, 3.05) is 0 Å². The molecule has 0 spiro atoms. The largest absolute Gasteiger partial charge is 0.491 e. The van der Waals surface area contributed by atoms with Gasteiger partial charge in [0, 0.05) is 6.04 Å². The molecule has 1 aromatic rings. The monoisotopic (exact) mass is 298 g/mol. The second-order valence-corrected chi connectivity index (χ2v) is 5.86. The van der Waals surface area contributed by atoms with E-state index in [0.29, 0.717) is 0 Å². The van der Waals surface area contributed by atoms with Gasteiger partial charge in [-0.05, 0) is 50.5 Å². The molecular formula is C18H22N2O2. The Hall–Kier alpha value is -2.28. The molecule has 1 fully saturated rings. The number of carbonyl (C=O) groups is 1. The van der Waals surface area contributed by atoms with Crippen molar-refractivity contribution in [2.24, 2.45) is 0 Å². The summed E-state index contributed by atoms with van der Waals surface area (Å²) in [6, 6.07) is 9.58. The highest BCUT2D eigenvalue weighted by molar-refractivity contribution is 6.01. The molecule has 2 rings (SSSR count). The molecule has 1 aliphatic carbocycles. The predicted molar refractivity (Wildman–Crippen MR) is 86.2 cm³/mol. The average molecular weight is 298 g/mol. The molecule has 116 valence electrons. The summed E-state index contributed by atoms with van der Waals surface area (Å²) in [4.78, 5) is 12.1. The Morgan fingerprint density at radius 1 is 1.32 bits per heavy atom. The van der Waals surface area contributed by atoms with Crippen molar-refractivity contribution in [1.82, 2.24) is 5.32 Å². The van der Waals surface area contributed by atoms with E-state index in [2.05, 4.69) is 5.32 Å². The third-order valence-electron chi connectivity index (χ3n) is 3.62. The highest BCUT2D eigenvalue weighted by Gasteiger charge is 2.19.